The van der Waals surface area contributed by atoms with Gasteiger partial charge in [-0.1, -0.05) is 19.9 Å². The highest BCUT2D eigenvalue weighted by atomic mass is 19.1. The van der Waals surface area contributed by atoms with Crippen molar-refractivity contribution in [3.63, 3.8) is 0 Å². The highest BCUT2D eigenvalue weighted by molar-refractivity contribution is 5.82. The maximum absolute atomic E-state index is 13.3. The summed E-state index contributed by atoms with van der Waals surface area (Å²) in [6, 6.07) is 4.76. The summed E-state index contributed by atoms with van der Waals surface area (Å²) < 4.78 is 18.2. The zero-order valence-corrected chi connectivity index (χ0v) is 10.4. The summed E-state index contributed by atoms with van der Waals surface area (Å²) in [5, 5.41) is 2.99. The molecule has 0 atom stereocenters. The minimum absolute atomic E-state index is 0.0232. The fourth-order valence-corrected chi connectivity index (χ4v) is 1.35. The molecule has 0 saturated carbocycles. The standard InChI is InChI=1S/C13H18FNO2/c1-9(2)12(16)8-15-7-10-4-5-13(17-3)11(14)6-10/h4-6,9,15H,7-8H2,1-3H3. The van der Waals surface area contributed by atoms with Gasteiger partial charge in [0.25, 0.3) is 0 Å². The molecule has 0 spiro atoms. The lowest BCUT2D eigenvalue weighted by Gasteiger charge is -2.08. The van der Waals surface area contributed by atoms with Crippen molar-refractivity contribution >= 4 is 5.78 Å². The summed E-state index contributed by atoms with van der Waals surface area (Å²) in [5.41, 5.74) is 0.792. The number of nitrogens with one attached hydrogen (secondary N) is 1. The van der Waals surface area contributed by atoms with E-state index >= 15 is 0 Å². The van der Waals surface area contributed by atoms with Crippen molar-refractivity contribution in [2.75, 3.05) is 13.7 Å². The van der Waals surface area contributed by atoms with Crippen molar-refractivity contribution in [3.05, 3.63) is 29.6 Å². The molecule has 1 N–H and O–H groups in total. The summed E-state index contributed by atoms with van der Waals surface area (Å²) in [7, 11) is 1.43. The zero-order valence-electron chi connectivity index (χ0n) is 10.4. The van der Waals surface area contributed by atoms with E-state index in [4.69, 9.17) is 4.74 Å². The van der Waals surface area contributed by atoms with Gasteiger partial charge in [0.05, 0.1) is 13.7 Å². The molecule has 0 unspecified atom stereocenters. The highest BCUT2D eigenvalue weighted by Gasteiger charge is 2.07. The second-order valence-corrected chi connectivity index (χ2v) is 4.19. The Morgan fingerprint density at radius 2 is 2.18 bits per heavy atom. The fraction of sp³-hybridized carbons (Fsp3) is 0.462. The minimum atomic E-state index is -0.387. The van der Waals surface area contributed by atoms with Gasteiger partial charge >= 0.3 is 0 Å². The first-order chi connectivity index (χ1) is 8.04. The molecule has 0 aliphatic heterocycles. The van der Waals surface area contributed by atoms with E-state index in [0.29, 0.717) is 13.1 Å². The van der Waals surface area contributed by atoms with Crippen LogP contribution < -0.4 is 10.1 Å². The first-order valence-corrected chi connectivity index (χ1v) is 5.60. The summed E-state index contributed by atoms with van der Waals surface area (Å²) >= 11 is 0. The van der Waals surface area contributed by atoms with Gasteiger partial charge in [0.15, 0.2) is 11.6 Å². The van der Waals surface area contributed by atoms with Gasteiger partial charge in [-0.15, -0.1) is 0 Å². The molecular weight excluding hydrogens is 221 g/mol. The van der Waals surface area contributed by atoms with E-state index < -0.39 is 0 Å². The van der Waals surface area contributed by atoms with Gasteiger partial charge in [0.1, 0.15) is 5.78 Å². The first-order valence-electron chi connectivity index (χ1n) is 5.60. The monoisotopic (exact) mass is 239 g/mol. The zero-order chi connectivity index (χ0) is 12.8. The fourth-order valence-electron chi connectivity index (χ4n) is 1.35. The van der Waals surface area contributed by atoms with Crippen LogP contribution in [0, 0.1) is 11.7 Å². The predicted octanol–water partition coefficient (Wildman–Crippen LogP) is 2.15. The van der Waals surface area contributed by atoms with Gasteiger partial charge in [-0.2, -0.15) is 0 Å². The Bertz CT molecular complexity index is 391. The summed E-state index contributed by atoms with van der Waals surface area (Å²) in [4.78, 5) is 11.3. The second-order valence-electron chi connectivity index (χ2n) is 4.19. The Hall–Kier alpha value is -1.42. The molecule has 4 heteroatoms. The molecule has 0 saturated heterocycles. The van der Waals surface area contributed by atoms with Crippen molar-refractivity contribution in [2.45, 2.75) is 20.4 Å². The summed E-state index contributed by atoms with van der Waals surface area (Å²) in [6.07, 6.45) is 0. The molecule has 0 aromatic heterocycles. The van der Waals surface area contributed by atoms with Crippen LogP contribution in [0.15, 0.2) is 18.2 Å². The topological polar surface area (TPSA) is 38.3 Å². The number of ether oxygens (including phenoxy) is 1. The van der Waals surface area contributed by atoms with Crippen molar-refractivity contribution < 1.29 is 13.9 Å². The van der Waals surface area contributed by atoms with Gasteiger partial charge in [-0.3, -0.25) is 4.79 Å². The molecule has 1 aromatic rings. The van der Waals surface area contributed by atoms with Crippen molar-refractivity contribution in [2.24, 2.45) is 5.92 Å². The Morgan fingerprint density at radius 3 is 2.71 bits per heavy atom. The maximum atomic E-state index is 13.3. The van der Waals surface area contributed by atoms with E-state index in [1.54, 1.807) is 12.1 Å². The lowest BCUT2D eigenvalue weighted by atomic mass is 10.1. The molecule has 1 aromatic carbocycles. The molecule has 0 radical (unpaired) electrons. The van der Waals surface area contributed by atoms with Crippen molar-refractivity contribution in [3.8, 4) is 5.75 Å². The smallest absolute Gasteiger partial charge is 0.165 e. The minimum Gasteiger partial charge on any atom is -0.494 e. The Morgan fingerprint density at radius 1 is 1.47 bits per heavy atom. The summed E-state index contributed by atoms with van der Waals surface area (Å²) in [6.45, 7) is 4.50. The quantitative estimate of drug-likeness (QED) is 0.826. The number of carbonyl (C=O) groups is 1. The van der Waals surface area contributed by atoms with Crippen LogP contribution in [0.5, 0.6) is 5.75 Å². The van der Waals surface area contributed by atoms with E-state index in [-0.39, 0.29) is 23.3 Å². The van der Waals surface area contributed by atoms with Crippen molar-refractivity contribution in [1.82, 2.24) is 5.32 Å². The number of carbonyl (C=O) groups excluding carboxylic acids is 1. The van der Waals surface area contributed by atoms with Gasteiger partial charge in [-0.05, 0) is 17.7 Å². The van der Waals surface area contributed by atoms with Gasteiger partial charge < -0.3 is 10.1 Å². The van der Waals surface area contributed by atoms with Gasteiger partial charge in [0, 0.05) is 12.5 Å². The number of rotatable bonds is 6. The van der Waals surface area contributed by atoms with Crippen LogP contribution in [0.2, 0.25) is 0 Å². The third-order valence-corrected chi connectivity index (χ3v) is 2.49. The molecule has 1 rings (SSSR count). The Kier molecular flexibility index (Phi) is 5.10. The third-order valence-electron chi connectivity index (χ3n) is 2.49. The van der Waals surface area contributed by atoms with Crippen LogP contribution in [0.25, 0.3) is 0 Å². The number of halogens is 1. The van der Waals surface area contributed by atoms with Gasteiger partial charge in [-0.25, -0.2) is 4.39 Å². The molecule has 0 fully saturated rings. The molecule has 94 valence electrons. The molecule has 0 aliphatic carbocycles. The number of hydrogen-bond acceptors (Lipinski definition) is 3. The van der Waals surface area contributed by atoms with E-state index in [0.717, 1.165) is 5.56 Å². The molecule has 17 heavy (non-hydrogen) atoms. The average Bonchev–Trinajstić information content (AvgIpc) is 2.29. The number of benzene rings is 1. The van der Waals surface area contributed by atoms with Crippen LogP contribution in [0.1, 0.15) is 19.4 Å². The molecule has 0 bridgehead atoms. The molecule has 0 heterocycles. The molecule has 0 amide bonds. The first kappa shape index (κ1) is 13.6. The van der Waals surface area contributed by atoms with E-state index in [1.165, 1.54) is 13.2 Å². The van der Waals surface area contributed by atoms with Crippen LogP contribution >= 0.6 is 0 Å². The largest absolute Gasteiger partial charge is 0.494 e. The van der Waals surface area contributed by atoms with E-state index in [1.807, 2.05) is 13.8 Å². The lowest BCUT2D eigenvalue weighted by molar-refractivity contribution is -0.121. The van der Waals surface area contributed by atoms with Crippen LogP contribution in [-0.4, -0.2) is 19.4 Å². The number of methoxy groups -OCH3 is 1. The SMILES string of the molecule is COc1ccc(CNCC(=O)C(C)C)cc1F. The maximum Gasteiger partial charge on any atom is 0.165 e. The lowest BCUT2D eigenvalue weighted by Crippen LogP contribution is -2.25. The van der Waals surface area contributed by atoms with Crippen LogP contribution in [0.3, 0.4) is 0 Å². The molecular formula is C13H18FNO2. The Labute approximate surface area is 101 Å². The van der Waals surface area contributed by atoms with Crippen LogP contribution in [-0.2, 0) is 11.3 Å². The normalized spacial score (nSPS) is 10.6. The van der Waals surface area contributed by atoms with Gasteiger partial charge in [0.2, 0.25) is 0 Å². The van der Waals surface area contributed by atoms with E-state index in [9.17, 15) is 9.18 Å². The van der Waals surface area contributed by atoms with E-state index in [2.05, 4.69) is 5.32 Å². The van der Waals surface area contributed by atoms with Crippen molar-refractivity contribution in [1.29, 1.82) is 0 Å². The molecule has 3 nitrogen and oxygen atoms in total. The number of Topliss-reactive ketones (excluding diaryl/α,β-unsaturated/α-hetero) is 1. The Balaban J connectivity index is 2.47. The van der Waals surface area contributed by atoms with Crippen LogP contribution in [0.4, 0.5) is 4.39 Å². The molecule has 0 aliphatic rings. The average molecular weight is 239 g/mol. The number of hydrogen-bond donors (Lipinski definition) is 1. The number of ketones is 1. The second kappa shape index (κ2) is 6.35. The third kappa shape index (κ3) is 4.15. The summed E-state index contributed by atoms with van der Waals surface area (Å²) in [5.74, 6) is 0.0167. The highest BCUT2D eigenvalue weighted by Crippen LogP contribution is 2.17. The predicted molar refractivity (Wildman–Crippen MR) is 64.5 cm³/mol.